The van der Waals surface area contributed by atoms with Gasteiger partial charge in [0, 0.05) is 0 Å². The number of carbonyl (C=O) groups excluding carboxylic acids is 1. The van der Waals surface area contributed by atoms with E-state index in [0.29, 0.717) is 0 Å². The molecule has 1 aromatic carbocycles. The van der Waals surface area contributed by atoms with Crippen LogP contribution in [0.25, 0.3) is 0 Å². The third-order valence-corrected chi connectivity index (χ3v) is 8.64. The fourth-order valence-electron chi connectivity index (χ4n) is 1.59. The molecule has 0 heterocycles. The molecule has 3 heteroatoms. The fourth-order valence-corrected chi connectivity index (χ4v) is 5.00. The molecule has 2 nitrogen and oxygen atoms in total. The van der Waals surface area contributed by atoms with E-state index in [-0.39, 0.29) is 11.9 Å². The van der Waals surface area contributed by atoms with Crippen molar-refractivity contribution in [3.05, 3.63) is 29.8 Å². The Morgan fingerprint density at radius 2 is 1.94 bits per heavy atom. The zero-order valence-corrected chi connectivity index (χ0v) is 13.6. The number of hydrogen-bond donors (Lipinski definition) is 0. The molecule has 0 bridgehead atoms. The van der Waals surface area contributed by atoms with Crippen LogP contribution in [0.3, 0.4) is 0 Å². The average molecular weight is 327 g/mol. The van der Waals surface area contributed by atoms with Crippen LogP contribution < -0.4 is 3.58 Å². The van der Waals surface area contributed by atoms with Gasteiger partial charge in [-0.3, -0.25) is 0 Å². The van der Waals surface area contributed by atoms with Gasteiger partial charge in [0.05, 0.1) is 0 Å². The van der Waals surface area contributed by atoms with E-state index in [4.69, 9.17) is 4.74 Å². The van der Waals surface area contributed by atoms with Crippen molar-refractivity contribution in [2.75, 3.05) is 7.11 Å². The molecule has 88 valence electrons. The Balaban J connectivity index is 3.04. The molecule has 0 aliphatic rings. The fraction of sp³-hybridized carbons (Fsp3) is 0.462. The van der Waals surface area contributed by atoms with E-state index in [1.165, 1.54) is 10.7 Å². The molecular weight excluding hydrogens is 307 g/mol. The molecule has 16 heavy (non-hydrogen) atoms. The predicted octanol–water partition coefficient (Wildman–Crippen LogP) is 2.51. The number of methoxy groups -OCH3 is 1. The van der Waals surface area contributed by atoms with Gasteiger partial charge in [0.25, 0.3) is 0 Å². The van der Waals surface area contributed by atoms with Crippen LogP contribution in [-0.2, 0) is 9.53 Å². The summed E-state index contributed by atoms with van der Waals surface area (Å²) < 4.78 is 6.22. The number of ether oxygens (including phenoxy) is 1. The summed E-state index contributed by atoms with van der Waals surface area (Å²) in [4.78, 5) is 18.6. The normalized spacial score (nSPS) is 13.3. The zero-order valence-electron chi connectivity index (χ0n) is 10.7. The molecule has 0 aromatic heterocycles. The molecule has 0 aliphatic heterocycles. The van der Waals surface area contributed by atoms with Crippen LogP contribution in [0, 0.1) is 0 Å². The van der Waals surface area contributed by atoms with Gasteiger partial charge < -0.3 is 0 Å². The predicted molar refractivity (Wildman–Crippen MR) is 69.9 cm³/mol. The number of hydrogen-bond acceptors (Lipinski definition) is 2. The maximum atomic E-state index is 11.5. The van der Waals surface area contributed by atoms with Gasteiger partial charge in [0.1, 0.15) is 0 Å². The third kappa shape index (κ3) is 3.24. The Hall–Kier alpha value is -0.511. The third-order valence-electron chi connectivity index (χ3n) is 2.81. The van der Waals surface area contributed by atoms with Gasteiger partial charge in [-0.25, -0.2) is 0 Å². The molecule has 0 amide bonds. The minimum atomic E-state index is -2.03. The maximum absolute atomic E-state index is 11.5. The van der Waals surface area contributed by atoms with Crippen molar-refractivity contribution in [3.8, 4) is 0 Å². The van der Waals surface area contributed by atoms with Crippen molar-refractivity contribution in [3.63, 3.8) is 0 Å². The summed E-state index contributed by atoms with van der Waals surface area (Å²) in [6.45, 7) is 1.89. The molecular formula is C13H20O2Sn. The Morgan fingerprint density at radius 3 is 2.44 bits per heavy atom. The van der Waals surface area contributed by atoms with Crippen LogP contribution in [0.15, 0.2) is 24.3 Å². The first-order valence-corrected chi connectivity index (χ1v) is 15.5. The van der Waals surface area contributed by atoms with Crippen LogP contribution >= 0.6 is 0 Å². The standard InChI is InChI=1S/C10H11O2.3CH3.Sn/c1-8(10(11)12-2)9-6-4-3-5-7-9;;;;/h3-4,6-8H,1-2H3;3*1H3;. The average Bonchev–Trinajstić information content (AvgIpc) is 2.26. The second kappa shape index (κ2) is 5.21. The first-order chi connectivity index (χ1) is 7.36. The molecule has 1 rings (SSSR count). The quantitative estimate of drug-likeness (QED) is 0.630. The molecule has 1 aromatic rings. The summed E-state index contributed by atoms with van der Waals surface area (Å²) in [6.07, 6.45) is 0. The van der Waals surface area contributed by atoms with E-state index in [0.717, 1.165) is 5.56 Å². The Kier molecular flexibility index (Phi) is 4.42. The van der Waals surface area contributed by atoms with Crippen LogP contribution in [0.5, 0.6) is 0 Å². The summed E-state index contributed by atoms with van der Waals surface area (Å²) in [5.41, 5.74) is 1.07. The first kappa shape index (κ1) is 13.6. The summed E-state index contributed by atoms with van der Waals surface area (Å²) in [6, 6.07) is 8.41. The van der Waals surface area contributed by atoms with Crippen molar-refractivity contribution in [1.29, 1.82) is 0 Å². The van der Waals surface area contributed by atoms with Gasteiger partial charge in [-0.2, -0.15) is 0 Å². The second-order valence-electron chi connectivity index (χ2n) is 5.12. The Morgan fingerprint density at radius 1 is 1.31 bits per heavy atom. The van der Waals surface area contributed by atoms with Gasteiger partial charge in [-0.15, -0.1) is 0 Å². The van der Waals surface area contributed by atoms with E-state index in [9.17, 15) is 4.79 Å². The minimum absolute atomic E-state index is 0.166. The summed E-state index contributed by atoms with van der Waals surface area (Å²) in [5, 5.41) is 0. The summed E-state index contributed by atoms with van der Waals surface area (Å²) >= 11 is -2.03. The Labute approximate surface area is 102 Å². The van der Waals surface area contributed by atoms with E-state index in [2.05, 4.69) is 27.0 Å². The summed E-state index contributed by atoms with van der Waals surface area (Å²) in [5.74, 6) is -0.333. The number of esters is 1. The molecule has 0 saturated heterocycles. The first-order valence-electron chi connectivity index (χ1n) is 5.54. The van der Waals surface area contributed by atoms with Crippen molar-refractivity contribution in [2.45, 2.75) is 27.7 Å². The topological polar surface area (TPSA) is 26.3 Å². The molecule has 0 aliphatic carbocycles. The van der Waals surface area contributed by atoms with Crippen molar-refractivity contribution in [2.24, 2.45) is 0 Å². The van der Waals surface area contributed by atoms with E-state index < -0.39 is 18.4 Å². The van der Waals surface area contributed by atoms with Crippen LogP contribution in [0.2, 0.25) is 14.8 Å². The van der Waals surface area contributed by atoms with Crippen LogP contribution in [0.1, 0.15) is 18.4 Å². The van der Waals surface area contributed by atoms with Gasteiger partial charge >= 0.3 is 102 Å². The zero-order chi connectivity index (χ0) is 12.3. The molecule has 0 fully saturated rings. The van der Waals surface area contributed by atoms with Gasteiger partial charge in [0.15, 0.2) is 0 Å². The van der Waals surface area contributed by atoms with Crippen LogP contribution in [-0.4, -0.2) is 31.5 Å². The van der Waals surface area contributed by atoms with E-state index >= 15 is 0 Å². The molecule has 0 radical (unpaired) electrons. The monoisotopic (exact) mass is 328 g/mol. The molecule has 0 N–H and O–H groups in total. The molecule has 1 atom stereocenters. The Bertz CT molecular complexity index is 380. The van der Waals surface area contributed by atoms with Gasteiger partial charge in [-0.1, -0.05) is 0 Å². The number of benzene rings is 1. The molecule has 0 spiro atoms. The van der Waals surface area contributed by atoms with Crippen molar-refractivity contribution < 1.29 is 9.53 Å². The van der Waals surface area contributed by atoms with Gasteiger partial charge in [-0.05, 0) is 0 Å². The van der Waals surface area contributed by atoms with E-state index in [1.807, 2.05) is 19.1 Å². The van der Waals surface area contributed by atoms with Crippen molar-refractivity contribution in [1.82, 2.24) is 0 Å². The number of carbonyl (C=O) groups is 1. The summed E-state index contributed by atoms with van der Waals surface area (Å²) in [7, 11) is 1.44. The second-order valence-corrected chi connectivity index (χ2v) is 19.6. The van der Waals surface area contributed by atoms with E-state index in [1.54, 1.807) is 0 Å². The molecule has 0 saturated carbocycles. The molecule has 1 unspecified atom stereocenters. The van der Waals surface area contributed by atoms with Gasteiger partial charge in [0.2, 0.25) is 0 Å². The van der Waals surface area contributed by atoms with Crippen molar-refractivity contribution >= 4 is 27.9 Å². The van der Waals surface area contributed by atoms with Crippen LogP contribution in [0.4, 0.5) is 0 Å². The number of rotatable bonds is 3. The SMILES string of the molecule is COC(=O)C(C)c1ccc[c]([Sn]([CH3])([CH3])[CH3])c1.